The fraction of sp³-hybridized carbons (Fsp3) is 0.333. The van der Waals surface area contributed by atoms with Crippen molar-refractivity contribution < 1.29 is 28.6 Å². The van der Waals surface area contributed by atoms with E-state index in [1.165, 1.54) is 19.4 Å². The molecule has 0 unspecified atom stereocenters. The van der Waals surface area contributed by atoms with Crippen molar-refractivity contribution in [3.8, 4) is 11.5 Å². The summed E-state index contributed by atoms with van der Waals surface area (Å²) in [4.78, 5) is 35.8. The second kappa shape index (κ2) is 13.9. The quantitative estimate of drug-likeness (QED) is 0.187. The number of nitrogens with zero attached hydrogens (tertiary/aromatic N) is 1. The van der Waals surface area contributed by atoms with E-state index in [-0.39, 0.29) is 29.0 Å². The zero-order valence-corrected chi connectivity index (χ0v) is 20.8. The number of benzene rings is 2. The lowest BCUT2D eigenvalue weighted by atomic mass is 10.1. The summed E-state index contributed by atoms with van der Waals surface area (Å²) >= 11 is 6.31. The maximum absolute atomic E-state index is 12.3. The number of anilines is 1. The van der Waals surface area contributed by atoms with Crippen LogP contribution in [0.5, 0.6) is 11.5 Å². The van der Waals surface area contributed by atoms with Crippen LogP contribution in [0.15, 0.2) is 35.4 Å². The molecule has 0 heterocycles. The molecule has 0 radical (unpaired) electrons. The van der Waals surface area contributed by atoms with E-state index in [4.69, 9.17) is 25.8 Å². The molecule has 35 heavy (non-hydrogen) atoms. The number of amides is 3. The highest BCUT2D eigenvalue weighted by Crippen LogP contribution is 2.36. The summed E-state index contributed by atoms with van der Waals surface area (Å²) in [7, 11) is 2.97. The third-order valence-electron chi connectivity index (χ3n) is 4.65. The van der Waals surface area contributed by atoms with Crippen LogP contribution in [0, 0.1) is 13.8 Å². The van der Waals surface area contributed by atoms with Crippen LogP contribution in [-0.2, 0) is 19.1 Å². The number of methoxy groups -OCH3 is 2. The van der Waals surface area contributed by atoms with Crippen molar-refractivity contribution in [2.75, 3.05) is 39.3 Å². The standard InChI is InChI=1S/C24H29ClN4O6/c1-15-6-7-19(16(2)10-15)28-21(30)14-35-22-18(25)11-17(12-20(22)34-4)13-27-29-24(32)23(31)26-8-5-9-33-3/h6-7,10-13H,5,8-9,14H2,1-4H3,(H,26,31)(H,28,30)(H,29,32)/b27-13-. The van der Waals surface area contributed by atoms with E-state index in [0.29, 0.717) is 30.8 Å². The van der Waals surface area contributed by atoms with Crippen molar-refractivity contribution in [2.45, 2.75) is 20.3 Å². The van der Waals surface area contributed by atoms with E-state index in [2.05, 4.69) is 21.2 Å². The lowest BCUT2D eigenvalue weighted by Crippen LogP contribution is -2.38. The molecule has 2 aromatic rings. The summed E-state index contributed by atoms with van der Waals surface area (Å²) in [6.07, 6.45) is 1.87. The van der Waals surface area contributed by atoms with Crippen molar-refractivity contribution in [1.82, 2.24) is 10.7 Å². The number of carbonyl (C=O) groups is 3. The van der Waals surface area contributed by atoms with E-state index < -0.39 is 11.8 Å². The van der Waals surface area contributed by atoms with Crippen LogP contribution in [0.2, 0.25) is 5.02 Å². The van der Waals surface area contributed by atoms with E-state index in [0.717, 1.165) is 11.1 Å². The Balaban J connectivity index is 1.95. The number of nitrogens with one attached hydrogen (secondary N) is 3. The first-order chi connectivity index (χ1) is 16.7. The fourth-order valence-electron chi connectivity index (χ4n) is 2.95. The average molecular weight is 505 g/mol. The minimum atomic E-state index is -0.911. The van der Waals surface area contributed by atoms with Gasteiger partial charge < -0.3 is 24.8 Å². The van der Waals surface area contributed by atoms with Crippen molar-refractivity contribution in [3.63, 3.8) is 0 Å². The van der Waals surface area contributed by atoms with Gasteiger partial charge in [0, 0.05) is 25.9 Å². The molecule has 0 aliphatic carbocycles. The number of hydrogen-bond acceptors (Lipinski definition) is 7. The molecule has 2 aromatic carbocycles. The van der Waals surface area contributed by atoms with Crippen LogP contribution in [0.1, 0.15) is 23.1 Å². The molecule has 0 bridgehead atoms. The van der Waals surface area contributed by atoms with Gasteiger partial charge in [-0.05, 0) is 49.6 Å². The first-order valence-corrected chi connectivity index (χ1v) is 11.1. The highest BCUT2D eigenvalue weighted by molar-refractivity contribution is 6.35. The van der Waals surface area contributed by atoms with Crippen LogP contribution in [0.4, 0.5) is 5.69 Å². The summed E-state index contributed by atoms with van der Waals surface area (Å²) in [5.41, 5.74) is 5.33. The molecule has 10 nitrogen and oxygen atoms in total. The Morgan fingerprint density at radius 1 is 1.09 bits per heavy atom. The molecule has 0 fully saturated rings. The topological polar surface area (TPSA) is 127 Å². The number of hydrazone groups is 1. The largest absolute Gasteiger partial charge is 0.493 e. The van der Waals surface area contributed by atoms with Gasteiger partial charge in [-0.25, -0.2) is 5.43 Å². The van der Waals surface area contributed by atoms with Gasteiger partial charge in [0.25, 0.3) is 5.91 Å². The monoisotopic (exact) mass is 504 g/mol. The lowest BCUT2D eigenvalue weighted by Gasteiger charge is -2.14. The number of aryl methyl sites for hydroxylation is 2. The van der Waals surface area contributed by atoms with Gasteiger partial charge >= 0.3 is 11.8 Å². The number of halogens is 1. The van der Waals surface area contributed by atoms with Crippen LogP contribution in [0.3, 0.4) is 0 Å². The first kappa shape index (κ1) is 27.6. The van der Waals surface area contributed by atoms with E-state index in [9.17, 15) is 14.4 Å². The molecular weight excluding hydrogens is 476 g/mol. The molecule has 0 spiro atoms. The Hall–Kier alpha value is -3.63. The Morgan fingerprint density at radius 3 is 2.54 bits per heavy atom. The highest BCUT2D eigenvalue weighted by atomic mass is 35.5. The summed E-state index contributed by atoms with van der Waals surface area (Å²) in [6, 6.07) is 8.77. The molecule has 2 rings (SSSR count). The first-order valence-electron chi connectivity index (χ1n) is 10.7. The van der Waals surface area contributed by atoms with E-state index >= 15 is 0 Å². The van der Waals surface area contributed by atoms with Crippen LogP contribution < -0.4 is 25.5 Å². The summed E-state index contributed by atoms with van der Waals surface area (Å²) in [5, 5.41) is 9.18. The minimum Gasteiger partial charge on any atom is -0.493 e. The van der Waals surface area contributed by atoms with Gasteiger partial charge in [-0.15, -0.1) is 0 Å². The van der Waals surface area contributed by atoms with Gasteiger partial charge in [-0.2, -0.15) is 5.10 Å². The molecule has 0 aliphatic heterocycles. The van der Waals surface area contributed by atoms with Gasteiger partial charge in [0.1, 0.15) is 0 Å². The van der Waals surface area contributed by atoms with Crippen molar-refractivity contribution in [3.05, 3.63) is 52.0 Å². The third-order valence-corrected chi connectivity index (χ3v) is 4.93. The van der Waals surface area contributed by atoms with Gasteiger partial charge in [-0.3, -0.25) is 14.4 Å². The van der Waals surface area contributed by atoms with Crippen LogP contribution in [0.25, 0.3) is 0 Å². The highest BCUT2D eigenvalue weighted by Gasteiger charge is 2.15. The van der Waals surface area contributed by atoms with E-state index in [1.807, 2.05) is 32.0 Å². The lowest BCUT2D eigenvalue weighted by molar-refractivity contribution is -0.139. The zero-order valence-electron chi connectivity index (χ0n) is 20.1. The molecule has 188 valence electrons. The maximum Gasteiger partial charge on any atom is 0.329 e. The minimum absolute atomic E-state index is 0.173. The number of rotatable bonds is 11. The Morgan fingerprint density at radius 2 is 1.86 bits per heavy atom. The second-order valence-corrected chi connectivity index (χ2v) is 7.90. The molecule has 3 N–H and O–H groups in total. The smallest absolute Gasteiger partial charge is 0.329 e. The second-order valence-electron chi connectivity index (χ2n) is 7.49. The molecule has 11 heteroatoms. The third kappa shape index (κ3) is 8.91. The fourth-order valence-corrected chi connectivity index (χ4v) is 3.22. The Labute approximate surface area is 209 Å². The Bertz CT molecular complexity index is 1090. The average Bonchev–Trinajstić information content (AvgIpc) is 2.82. The molecule has 0 saturated heterocycles. The molecule has 0 saturated carbocycles. The van der Waals surface area contributed by atoms with Gasteiger partial charge in [0.2, 0.25) is 0 Å². The van der Waals surface area contributed by atoms with Crippen LogP contribution >= 0.6 is 11.6 Å². The van der Waals surface area contributed by atoms with E-state index in [1.54, 1.807) is 13.2 Å². The van der Waals surface area contributed by atoms with Crippen molar-refractivity contribution in [1.29, 1.82) is 0 Å². The predicted molar refractivity (Wildman–Crippen MR) is 133 cm³/mol. The molecule has 3 amide bonds. The molecular formula is C24H29ClN4O6. The maximum atomic E-state index is 12.3. The normalized spacial score (nSPS) is 10.7. The predicted octanol–water partition coefficient (Wildman–Crippen LogP) is 2.59. The number of ether oxygens (including phenoxy) is 3. The zero-order chi connectivity index (χ0) is 25.8. The summed E-state index contributed by atoms with van der Waals surface area (Å²) < 4.78 is 15.8. The van der Waals surface area contributed by atoms with Crippen molar-refractivity contribution >= 4 is 41.2 Å². The Kier molecular flexibility index (Phi) is 11.0. The number of hydrogen-bond donors (Lipinski definition) is 3. The SMILES string of the molecule is COCCCNC(=O)C(=O)N/N=C\c1cc(Cl)c(OCC(=O)Nc2ccc(C)cc2C)c(OC)c1. The summed E-state index contributed by atoms with van der Waals surface area (Å²) in [5.74, 6) is -1.63. The molecule has 0 aromatic heterocycles. The van der Waals surface area contributed by atoms with Gasteiger partial charge in [-0.1, -0.05) is 29.3 Å². The molecule has 0 aliphatic rings. The molecule has 0 atom stereocenters. The van der Waals surface area contributed by atoms with Crippen molar-refractivity contribution in [2.24, 2.45) is 5.10 Å². The summed E-state index contributed by atoms with van der Waals surface area (Å²) in [6.45, 7) is 4.37. The van der Waals surface area contributed by atoms with Crippen LogP contribution in [-0.4, -0.2) is 57.9 Å². The van der Waals surface area contributed by atoms with Gasteiger partial charge in [0.15, 0.2) is 18.1 Å². The number of carbonyl (C=O) groups excluding carboxylic acids is 3. The van der Waals surface area contributed by atoms with Gasteiger partial charge in [0.05, 0.1) is 18.3 Å².